The SMILES string of the molecule is Cc1ccc(N)c2nccn12. The fraction of sp³-hybridized carbons (Fsp3) is 0.125. The lowest BCUT2D eigenvalue weighted by Gasteiger charge is -2.00. The highest BCUT2D eigenvalue weighted by Crippen LogP contribution is 2.12. The maximum absolute atomic E-state index is 5.69. The molecular weight excluding hydrogens is 138 g/mol. The molecule has 0 fully saturated rings. The molecule has 11 heavy (non-hydrogen) atoms. The lowest BCUT2D eigenvalue weighted by atomic mass is 10.3. The highest BCUT2D eigenvalue weighted by atomic mass is 15.0. The molecule has 2 aromatic rings. The first-order valence-corrected chi connectivity index (χ1v) is 3.47. The second kappa shape index (κ2) is 1.99. The van der Waals surface area contributed by atoms with Crippen LogP contribution in [0, 0.1) is 6.92 Å². The first-order chi connectivity index (χ1) is 5.29. The van der Waals surface area contributed by atoms with Crippen LogP contribution >= 0.6 is 0 Å². The Balaban J connectivity index is 2.96. The summed E-state index contributed by atoms with van der Waals surface area (Å²) in [6.07, 6.45) is 3.65. The third-order valence-corrected chi connectivity index (χ3v) is 1.78. The molecule has 2 rings (SSSR count). The van der Waals surface area contributed by atoms with Crippen LogP contribution in [0.4, 0.5) is 5.69 Å². The molecule has 3 nitrogen and oxygen atoms in total. The Kier molecular flexibility index (Phi) is 1.12. The Morgan fingerprint density at radius 3 is 3.00 bits per heavy atom. The molecule has 0 aromatic carbocycles. The molecule has 0 amide bonds. The molecule has 0 aliphatic carbocycles. The molecule has 0 aliphatic heterocycles. The number of nitrogens with two attached hydrogens (primary N) is 1. The highest BCUT2D eigenvalue weighted by molar-refractivity contribution is 5.64. The van der Waals surface area contributed by atoms with Crippen LogP contribution in [0.3, 0.4) is 0 Å². The van der Waals surface area contributed by atoms with Crippen molar-refractivity contribution >= 4 is 11.3 Å². The standard InChI is InChI=1S/C8H9N3/c1-6-2-3-7(9)8-10-4-5-11(6)8/h2-5H,9H2,1H3. The summed E-state index contributed by atoms with van der Waals surface area (Å²) in [6, 6.07) is 3.85. The van der Waals surface area contributed by atoms with Crippen molar-refractivity contribution in [2.24, 2.45) is 0 Å². The van der Waals surface area contributed by atoms with Crippen LogP contribution in [-0.4, -0.2) is 9.38 Å². The van der Waals surface area contributed by atoms with Crippen LogP contribution < -0.4 is 5.73 Å². The minimum Gasteiger partial charge on any atom is -0.396 e. The third-order valence-electron chi connectivity index (χ3n) is 1.78. The van der Waals surface area contributed by atoms with Gasteiger partial charge < -0.3 is 10.1 Å². The summed E-state index contributed by atoms with van der Waals surface area (Å²) in [7, 11) is 0. The number of nitrogen functional groups attached to an aromatic ring is 1. The van der Waals surface area contributed by atoms with Crippen LogP contribution in [0.5, 0.6) is 0 Å². The highest BCUT2D eigenvalue weighted by Gasteiger charge is 1.98. The number of anilines is 1. The predicted octanol–water partition coefficient (Wildman–Crippen LogP) is 1.22. The lowest BCUT2D eigenvalue weighted by molar-refractivity contribution is 1.10. The minimum atomic E-state index is 0.723. The summed E-state index contributed by atoms with van der Waals surface area (Å²) in [5, 5.41) is 0. The van der Waals surface area contributed by atoms with Crippen molar-refractivity contribution in [2.45, 2.75) is 6.92 Å². The molecule has 3 heteroatoms. The Hall–Kier alpha value is -1.51. The summed E-state index contributed by atoms with van der Waals surface area (Å²) in [5.41, 5.74) is 8.39. The molecule has 0 spiro atoms. The molecule has 0 unspecified atom stereocenters. The second-order valence-electron chi connectivity index (χ2n) is 2.55. The monoisotopic (exact) mass is 147 g/mol. The van der Waals surface area contributed by atoms with E-state index in [1.807, 2.05) is 29.7 Å². The van der Waals surface area contributed by atoms with Gasteiger partial charge in [0.1, 0.15) is 0 Å². The van der Waals surface area contributed by atoms with Gasteiger partial charge in [0, 0.05) is 18.1 Å². The lowest BCUT2D eigenvalue weighted by Crippen LogP contribution is -1.94. The van der Waals surface area contributed by atoms with Crippen molar-refractivity contribution in [3.05, 3.63) is 30.2 Å². The van der Waals surface area contributed by atoms with Gasteiger partial charge in [-0.25, -0.2) is 4.98 Å². The average Bonchev–Trinajstić information content (AvgIpc) is 2.45. The van der Waals surface area contributed by atoms with E-state index in [-0.39, 0.29) is 0 Å². The zero-order valence-electron chi connectivity index (χ0n) is 6.28. The number of hydrogen-bond donors (Lipinski definition) is 1. The van der Waals surface area contributed by atoms with Gasteiger partial charge in [0.15, 0.2) is 5.65 Å². The Morgan fingerprint density at radius 2 is 2.27 bits per heavy atom. The Bertz CT molecular complexity index is 353. The first kappa shape index (κ1) is 6.22. The van der Waals surface area contributed by atoms with Crippen LogP contribution in [0.15, 0.2) is 24.5 Å². The minimum absolute atomic E-state index is 0.723. The van der Waals surface area contributed by atoms with E-state index >= 15 is 0 Å². The van der Waals surface area contributed by atoms with Gasteiger partial charge in [-0.1, -0.05) is 0 Å². The van der Waals surface area contributed by atoms with Crippen LogP contribution in [0.25, 0.3) is 5.65 Å². The van der Waals surface area contributed by atoms with E-state index in [1.54, 1.807) is 6.20 Å². The van der Waals surface area contributed by atoms with E-state index in [2.05, 4.69) is 4.98 Å². The second-order valence-corrected chi connectivity index (χ2v) is 2.55. The molecule has 0 aliphatic rings. The van der Waals surface area contributed by atoms with E-state index in [0.29, 0.717) is 0 Å². The molecule has 2 aromatic heterocycles. The quantitative estimate of drug-likeness (QED) is 0.609. The van der Waals surface area contributed by atoms with E-state index < -0.39 is 0 Å². The normalized spacial score (nSPS) is 10.6. The summed E-state index contributed by atoms with van der Waals surface area (Å²) < 4.78 is 1.97. The summed E-state index contributed by atoms with van der Waals surface area (Å²) in [5.74, 6) is 0. The molecule has 0 saturated carbocycles. The van der Waals surface area contributed by atoms with Crippen molar-refractivity contribution in [2.75, 3.05) is 5.73 Å². The third kappa shape index (κ3) is 0.774. The van der Waals surface area contributed by atoms with Crippen molar-refractivity contribution in [3.8, 4) is 0 Å². The topological polar surface area (TPSA) is 43.3 Å². The van der Waals surface area contributed by atoms with E-state index in [1.165, 1.54) is 0 Å². The van der Waals surface area contributed by atoms with Crippen LogP contribution in [-0.2, 0) is 0 Å². The number of pyridine rings is 1. The predicted molar refractivity (Wildman–Crippen MR) is 44.3 cm³/mol. The van der Waals surface area contributed by atoms with E-state index in [9.17, 15) is 0 Å². The van der Waals surface area contributed by atoms with Crippen molar-refractivity contribution in [1.29, 1.82) is 0 Å². The first-order valence-electron chi connectivity index (χ1n) is 3.47. The summed E-state index contributed by atoms with van der Waals surface area (Å²) in [4.78, 5) is 4.12. The molecule has 0 radical (unpaired) electrons. The van der Waals surface area contributed by atoms with E-state index in [0.717, 1.165) is 17.0 Å². The van der Waals surface area contributed by atoms with Gasteiger partial charge in [-0.15, -0.1) is 0 Å². The van der Waals surface area contributed by atoms with Gasteiger partial charge in [-0.2, -0.15) is 0 Å². The van der Waals surface area contributed by atoms with Crippen molar-refractivity contribution in [1.82, 2.24) is 9.38 Å². The smallest absolute Gasteiger partial charge is 0.160 e. The van der Waals surface area contributed by atoms with Crippen molar-refractivity contribution < 1.29 is 0 Å². The number of fused-ring (bicyclic) bond motifs is 1. The van der Waals surface area contributed by atoms with Gasteiger partial charge in [-0.3, -0.25) is 0 Å². The van der Waals surface area contributed by atoms with Gasteiger partial charge >= 0.3 is 0 Å². The molecule has 0 atom stereocenters. The van der Waals surface area contributed by atoms with Crippen molar-refractivity contribution in [3.63, 3.8) is 0 Å². The van der Waals surface area contributed by atoms with Gasteiger partial charge in [0.25, 0.3) is 0 Å². The number of aryl methyl sites for hydroxylation is 1. The largest absolute Gasteiger partial charge is 0.396 e. The maximum atomic E-state index is 5.69. The zero-order chi connectivity index (χ0) is 7.84. The van der Waals surface area contributed by atoms with Gasteiger partial charge in [-0.05, 0) is 19.1 Å². The average molecular weight is 147 g/mol. The number of nitrogens with zero attached hydrogens (tertiary/aromatic N) is 2. The Labute approximate surface area is 64.5 Å². The van der Waals surface area contributed by atoms with E-state index in [4.69, 9.17) is 5.73 Å². The molecule has 2 N–H and O–H groups in total. The molecule has 0 saturated heterocycles. The Morgan fingerprint density at radius 1 is 1.45 bits per heavy atom. The molecule has 56 valence electrons. The molecular formula is C8H9N3. The zero-order valence-corrected chi connectivity index (χ0v) is 6.28. The molecule has 2 heterocycles. The number of aromatic nitrogens is 2. The number of imidazole rings is 1. The number of rotatable bonds is 0. The fourth-order valence-electron chi connectivity index (χ4n) is 1.17. The van der Waals surface area contributed by atoms with Crippen LogP contribution in [0.2, 0.25) is 0 Å². The van der Waals surface area contributed by atoms with Gasteiger partial charge in [0.05, 0.1) is 5.69 Å². The molecule has 0 bridgehead atoms. The number of hydrogen-bond acceptors (Lipinski definition) is 2. The maximum Gasteiger partial charge on any atom is 0.160 e. The summed E-state index contributed by atoms with van der Waals surface area (Å²) in [6.45, 7) is 2.02. The van der Waals surface area contributed by atoms with Gasteiger partial charge in [0.2, 0.25) is 0 Å². The van der Waals surface area contributed by atoms with Crippen LogP contribution in [0.1, 0.15) is 5.69 Å². The summed E-state index contributed by atoms with van der Waals surface area (Å²) >= 11 is 0. The fourth-order valence-corrected chi connectivity index (χ4v) is 1.17.